The molecule has 0 atom stereocenters. The standard InChI is InChI=1S/C13H16N2O2S/c1-8-5-11(10(3)14(8)4)12(16)6-15-9(2)7-18-13(15)17/h5,7H,6H2,1-4H3. The van der Waals surface area contributed by atoms with Crippen LogP contribution in [0.1, 0.15) is 27.4 Å². The molecule has 4 nitrogen and oxygen atoms in total. The average molecular weight is 264 g/mol. The van der Waals surface area contributed by atoms with Crippen molar-refractivity contribution < 1.29 is 4.79 Å². The second-order valence-electron chi connectivity index (χ2n) is 4.50. The normalized spacial score (nSPS) is 10.9. The van der Waals surface area contributed by atoms with Gasteiger partial charge in [0.15, 0.2) is 5.78 Å². The van der Waals surface area contributed by atoms with Gasteiger partial charge in [-0.15, -0.1) is 0 Å². The van der Waals surface area contributed by atoms with Gasteiger partial charge in [0.05, 0.1) is 6.54 Å². The molecular formula is C13H16N2O2S. The van der Waals surface area contributed by atoms with E-state index in [1.807, 2.05) is 38.5 Å². The lowest BCUT2D eigenvalue weighted by Gasteiger charge is -2.04. The molecule has 0 aliphatic rings. The molecule has 0 unspecified atom stereocenters. The Morgan fingerprint density at radius 1 is 1.28 bits per heavy atom. The lowest BCUT2D eigenvalue weighted by Crippen LogP contribution is -2.20. The number of nitrogens with zero attached hydrogens (tertiary/aromatic N) is 2. The summed E-state index contributed by atoms with van der Waals surface area (Å²) in [6, 6.07) is 1.88. The highest BCUT2D eigenvalue weighted by Crippen LogP contribution is 2.15. The molecule has 0 fully saturated rings. The van der Waals surface area contributed by atoms with Crippen molar-refractivity contribution in [2.75, 3.05) is 0 Å². The van der Waals surface area contributed by atoms with Crippen molar-refractivity contribution in [3.8, 4) is 0 Å². The highest BCUT2D eigenvalue weighted by Gasteiger charge is 2.16. The van der Waals surface area contributed by atoms with Gasteiger partial charge in [0.1, 0.15) is 0 Å². The van der Waals surface area contributed by atoms with Crippen LogP contribution in [0.15, 0.2) is 16.2 Å². The first-order valence-electron chi connectivity index (χ1n) is 5.73. The zero-order chi connectivity index (χ0) is 13.4. The fourth-order valence-electron chi connectivity index (χ4n) is 1.96. The summed E-state index contributed by atoms with van der Waals surface area (Å²) in [5, 5.41) is 1.78. The van der Waals surface area contributed by atoms with E-state index in [-0.39, 0.29) is 17.2 Å². The van der Waals surface area contributed by atoms with Crippen LogP contribution in [0.5, 0.6) is 0 Å². The Morgan fingerprint density at radius 2 is 1.94 bits per heavy atom. The van der Waals surface area contributed by atoms with Crippen molar-refractivity contribution in [2.24, 2.45) is 7.05 Å². The maximum atomic E-state index is 12.2. The predicted molar refractivity (Wildman–Crippen MR) is 72.5 cm³/mol. The summed E-state index contributed by atoms with van der Waals surface area (Å²) in [6.45, 7) is 5.85. The zero-order valence-electron chi connectivity index (χ0n) is 11.0. The number of aryl methyl sites for hydroxylation is 2. The molecule has 0 bridgehead atoms. The first kappa shape index (κ1) is 12.8. The van der Waals surface area contributed by atoms with E-state index in [0.29, 0.717) is 5.56 Å². The summed E-state index contributed by atoms with van der Waals surface area (Å²) in [7, 11) is 1.93. The minimum absolute atomic E-state index is 0.0141. The molecule has 0 saturated carbocycles. The first-order valence-corrected chi connectivity index (χ1v) is 6.61. The lowest BCUT2D eigenvalue weighted by atomic mass is 10.1. The van der Waals surface area contributed by atoms with E-state index in [1.165, 1.54) is 4.57 Å². The van der Waals surface area contributed by atoms with E-state index in [9.17, 15) is 9.59 Å². The van der Waals surface area contributed by atoms with Gasteiger partial charge >= 0.3 is 4.87 Å². The fraction of sp³-hybridized carbons (Fsp3) is 0.385. The Balaban J connectivity index is 2.33. The van der Waals surface area contributed by atoms with Crippen LogP contribution in [-0.4, -0.2) is 14.9 Å². The van der Waals surface area contributed by atoms with E-state index in [4.69, 9.17) is 0 Å². The van der Waals surface area contributed by atoms with E-state index in [2.05, 4.69) is 0 Å². The van der Waals surface area contributed by atoms with Gasteiger partial charge in [-0.3, -0.25) is 14.2 Å². The summed E-state index contributed by atoms with van der Waals surface area (Å²) < 4.78 is 3.51. The van der Waals surface area contributed by atoms with Crippen LogP contribution in [0.3, 0.4) is 0 Å². The third kappa shape index (κ3) is 2.06. The molecule has 0 amide bonds. The molecule has 2 aromatic rings. The first-order chi connectivity index (χ1) is 8.41. The molecule has 0 N–H and O–H groups in total. The maximum absolute atomic E-state index is 12.2. The van der Waals surface area contributed by atoms with Gasteiger partial charge < -0.3 is 4.57 Å². The lowest BCUT2D eigenvalue weighted by molar-refractivity contribution is 0.0970. The molecule has 0 radical (unpaired) electrons. The maximum Gasteiger partial charge on any atom is 0.307 e. The average Bonchev–Trinajstić information content (AvgIpc) is 2.77. The van der Waals surface area contributed by atoms with Gasteiger partial charge in [-0.05, 0) is 26.8 Å². The van der Waals surface area contributed by atoms with Crippen LogP contribution in [0.2, 0.25) is 0 Å². The molecule has 0 aromatic carbocycles. The van der Waals surface area contributed by atoms with E-state index in [0.717, 1.165) is 28.4 Å². The molecule has 18 heavy (non-hydrogen) atoms. The number of ketones is 1. The van der Waals surface area contributed by atoms with Gasteiger partial charge in [0.2, 0.25) is 0 Å². The second kappa shape index (κ2) is 4.57. The van der Waals surface area contributed by atoms with Crippen molar-refractivity contribution in [3.05, 3.63) is 43.8 Å². The summed E-state index contributed by atoms with van der Waals surface area (Å²) >= 11 is 1.13. The van der Waals surface area contributed by atoms with Crippen LogP contribution in [0.4, 0.5) is 0 Å². The quantitative estimate of drug-likeness (QED) is 0.796. The number of rotatable bonds is 3. The summed E-state index contributed by atoms with van der Waals surface area (Å²) in [6.07, 6.45) is 0. The molecule has 5 heteroatoms. The van der Waals surface area contributed by atoms with Crippen molar-refractivity contribution >= 4 is 17.1 Å². The van der Waals surface area contributed by atoms with Gasteiger partial charge in [-0.1, -0.05) is 11.3 Å². The fourth-order valence-corrected chi connectivity index (χ4v) is 2.70. The van der Waals surface area contributed by atoms with Gasteiger partial charge in [-0.25, -0.2) is 0 Å². The zero-order valence-corrected chi connectivity index (χ0v) is 11.8. The van der Waals surface area contributed by atoms with Crippen molar-refractivity contribution in [2.45, 2.75) is 27.3 Å². The van der Waals surface area contributed by atoms with Crippen LogP contribution >= 0.6 is 11.3 Å². The molecule has 0 saturated heterocycles. The minimum atomic E-state index is -0.0776. The van der Waals surface area contributed by atoms with Crippen LogP contribution in [0, 0.1) is 20.8 Å². The molecule has 0 aliphatic carbocycles. The van der Waals surface area contributed by atoms with Crippen molar-refractivity contribution in [3.63, 3.8) is 0 Å². The predicted octanol–water partition coefficient (Wildman–Crippen LogP) is 2.06. The molecule has 0 spiro atoms. The molecule has 2 aromatic heterocycles. The number of thiazole rings is 1. The van der Waals surface area contributed by atoms with Crippen LogP contribution in [-0.2, 0) is 13.6 Å². The van der Waals surface area contributed by atoms with E-state index >= 15 is 0 Å². The Morgan fingerprint density at radius 3 is 2.39 bits per heavy atom. The number of aromatic nitrogens is 2. The Labute approximate surface area is 109 Å². The van der Waals surface area contributed by atoms with Crippen molar-refractivity contribution in [1.82, 2.24) is 9.13 Å². The minimum Gasteiger partial charge on any atom is -0.351 e. The number of carbonyl (C=O) groups is 1. The molecule has 2 heterocycles. The van der Waals surface area contributed by atoms with E-state index < -0.39 is 0 Å². The number of Topliss-reactive ketones (excluding diaryl/α,β-unsaturated/α-hetero) is 1. The van der Waals surface area contributed by atoms with Gasteiger partial charge in [0.25, 0.3) is 0 Å². The highest BCUT2D eigenvalue weighted by atomic mass is 32.1. The van der Waals surface area contributed by atoms with Gasteiger partial charge in [0, 0.05) is 35.1 Å². The SMILES string of the molecule is Cc1cc(C(=O)Cn2c(C)csc2=O)c(C)n1C. The summed E-state index contributed by atoms with van der Waals surface area (Å²) in [5.74, 6) is -0.0141. The Bertz CT molecular complexity index is 661. The van der Waals surface area contributed by atoms with Crippen LogP contribution < -0.4 is 4.87 Å². The Kier molecular flexibility index (Phi) is 3.26. The number of hydrogen-bond acceptors (Lipinski definition) is 3. The smallest absolute Gasteiger partial charge is 0.307 e. The van der Waals surface area contributed by atoms with Crippen LogP contribution in [0.25, 0.3) is 0 Å². The number of carbonyl (C=O) groups excluding carboxylic acids is 1. The highest BCUT2D eigenvalue weighted by molar-refractivity contribution is 7.07. The van der Waals surface area contributed by atoms with Crippen molar-refractivity contribution in [1.29, 1.82) is 0 Å². The monoisotopic (exact) mass is 264 g/mol. The largest absolute Gasteiger partial charge is 0.351 e. The van der Waals surface area contributed by atoms with E-state index in [1.54, 1.807) is 5.38 Å². The number of hydrogen-bond donors (Lipinski definition) is 0. The molecule has 2 rings (SSSR count). The molecule has 0 aliphatic heterocycles. The third-order valence-corrected chi connectivity index (χ3v) is 4.23. The summed E-state index contributed by atoms with van der Waals surface area (Å²) in [5.41, 5.74) is 3.53. The molecular weight excluding hydrogens is 248 g/mol. The second-order valence-corrected chi connectivity index (χ2v) is 5.32. The molecule has 96 valence electrons. The Hall–Kier alpha value is -1.62. The third-order valence-electron chi connectivity index (χ3n) is 3.35. The summed E-state index contributed by atoms with van der Waals surface area (Å²) in [4.78, 5) is 23.7. The topological polar surface area (TPSA) is 44.0 Å². The van der Waals surface area contributed by atoms with Gasteiger partial charge in [-0.2, -0.15) is 0 Å².